The predicted molar refractivity (Wildman–Crippen MR) is 124 cm³/mol. The summed E-state index contributed by atoms with van der Waals surface area (Å²) in [4.78, 5) is 25.1. The Hall–Kier alpha value is -2.15. The second kappa shape index (κ2) is 8.53. The highest BCUT2D eigenvalue weighted by atomic mass is 35.5. The van der Waals surface area contributed by atoms with Crippen molar-refractivity contribution in [3.8, 4) is 0 Å². The molecule has 0 unspecified atom stereocenters. The van der Waals surface area contributed by atoms with Crippen LogP contribution >= 0.6 is 34.5 Å². The molecule has 0 aliphatic carbocycles. The van der Waals surface area contributed by atoms with Crippen LogP contribution < -0.4 is 14.8 Å². The quantitative estimate of drug-likeness (QED) is 0.594. The maximum atomic E-state index is 12.7. The van der Waals surface area contributed by atoms with Crippen LogP contribution in [0.3, 0.4) is 0 Å². The number of benzene rings is 1. The average molecular weight is 464 g/mol. The molecule has 3 aromatic rings. The molecule has 2 aromatic heterocycles. The number of carbonyl (C=O) groups excluding carboxylic acids is 1. The normalized spacial score (nSPS) is 13.3. The summed E-state index contributed by atoms with van der Waals surface area (Å²) in [5.74, 6) is -0.0316. The van der Waals surface area contributed by atoms with Gasteiger partial charge in [0.25, 0.3) is 5.56 Å². The molecule has 0 spiro atoms. The number of Topliss-reactive ketones (excluding diaryl/α,β-unsaturated/α-hetero) is 1. The molecule has 0 radical (unpaired) electrons. The summed E-state index contributed by atoms with van der Waals surface area (Å²) in [6.45, 7) is 7.89. The molecular formula is C22H23Cl2N3O2S. The van der Waals surface area contributed by atoms with Crippen LogP contribution in [-0.2, 0) is 18.4 Å². The number of rotatable bonds is 4. The molecule has 0 saturated heterocycles. The van der Waals surface area contributed by atoms with Gasteiger partial charge in [0.1, 0.15) is 9.82 Å². The van der Waals surface area contributed by atoms with Crippen LogP contribution in [0, 0.1) is 12.3 Å². The van der Waals surface area contributed by atoms with Crippen molar-refractivity contribution in [3.05, 3.63) is 70.8 Å². The molecular weight excluding hydrogens is 441 g/mol. The maximum Gasteiger partial charge on any atom is 0.268 e. The van der Waals surface area contributed by atoms with Crippen LogP contribution in [0.25, 0.3) is 12.2 Å². The van der Waals surface area contributed by atoms with Gasteiger partial charge in [-0.25, -0.2) is 4.68 Å². The molecule has 1 aromatic carbocycles. The van der Waals surface area contributed by atoms with Gasteiger partial charge in [-0.2, -0.15) is 5.10 Å². The van der Waals surface area contributed by atoms with Gasteiger partial charge in [-0.1, -0.05) is 56.1 Å². The molecule has 0 aliphatic rings. The minimum Gasteiger partial charge on any atom is -0.302 e. The smallest absolute Gasteiger partial charge is 0.268 e. The zero-order valence-electron chi connectivity index (χ0n) is 17.5. The van der Waals surface area contributed by atoms with Crippen LogP contribution in [0.15, 0.2) is 29.1 Å². The minimum absolute atomic E-state index is 0.0316. The van der Waals surface area contributed by atoms with Crippen LogP contribution in [0.1, 0.15) is 37.6 Å². The number of carbonyl (C=O) groups is 1. The van der Waals surface area contributed by atoms with Gasteiger partial charge in [-0.3, -0.25) is 9.59 Å². The van der Waals surface area contributed by atoms with Gasteiger partial charge in [0, 0.05) is 29.1 Å². The maximum absolute atomic E-state index is 12.7. The van der Waals surface area contributed by atoms with Gasteiger partial charge in [-0.05, 0) is 30.7 Å². The van der Waals surface area contributed by atoms with Crippen LogP contribution in [0.4, 0.5) is 0 Å². The number of ketones is 1. The third-order valence-corrected chi connectivity index (χ3v) is 6.45. The van der Waals surface area contributed by atoms with Gasteiger partial charge in [0.2, 0.25) is 0 Å². The van der Waals surface area contributed by atoms with E-state index in [1.807, 2.05) is 52.0 Å². The third-order valence-electron chi connectivity index (χ3n) is 4.68. The van der Waals surface area contributed by atoms with E-state index in [4.69, 9.17) is 23.2 Å². The number of halogens is 2. The zero-order chi connectivity index (χ0) is 22.2. The minimum atomic E-state index is -0.507. The van der Waals surface area contributed by atoms with Crippen molar-refractivity contribution in [1.82, 2.24) is 14.3 Å². The van der Waals surface area contributed by atoms with E-state index in [0.717, 1.165) is 11.3 Å². The van der Waals surface area contributed by atoms with E-state index in [-0.39, 0.29) is 11.3 Å². The molecule has 0 atom stereocenters. The summed E-state index contributed by atoms with van der Waals surface area (Å²) in [6.07, 6.45) is 3.27. The summed E-state index contributed by atoms with van der Waals surface area (Å²) < 4.78 is 4.29. The Morgan fingerprint density at radius 3 is 2.43 bits per heavy atom. The van der Waals surface area contributed by atoms with Gasteiger partial charge in [0.15, 0.2) is 5.78 Å². The SMILES string of the molecule is Cc1nn(Cc2ccc(Cl)cc2)c(Cl)c1/C=c1\s/c(=C\C(=O)C(C)(C)C)n(C)c1=O. The number of nitrogens with zero attached hydrogens (tertiary/aromatic N) is 3. The van der Waals surface area contributed by atoms with E-state index in [2.05, 4.69) is 5.10 Å². The predicted octanol–water partition coefficient (Wildman–Crippen LogP) is 3.53. The lowest BCUT2D eigenvalue weighted by Gasteiger charge is -2.12. The van der Waals surface area contributed by atoms with Gasteiger partial charge < -0.3 is 4.57 Å². The van der Waals surface area contributed by atoms with Crippen LogP contribution in [0.5, 0.6) is 0 Å². The van der Waals surface area contributed by atoms with E-state index >= 15 is 0 Å². The molecule has 0 amide bonds. The van der Waals surface area contributed by atoms with Crippen LogP contribution in [-0.4, -0.2) is 20.1 Å². The zero-order valence-corrected chi connectivity index (χ0v) is 19.8. The summed E-state index contributed by atoms with van der Waals surface area (Å²) in [5, 5.41) is 5.64. The molecule has 158 valence electrons. The summed E-state index contributed by atoms with van der Waals surface area (Å²) in [6, 6.07) is 7.48. The first kappa shape index (κ1) is 22.5. The fourth-order valence-electron chi connectivity index (χ4n) is 2.77. The van der Waals surface area contributed by atoms with Crippen molar-refractivity contribution >= 4 is 52.5 Å². The third kappa shape index (κ3) is 4.77. The van der Waals surface area contributed by atoms with Gasteiger partial charge >= 0.3 is 0 Å². The Bertz CT molecular complexity index is 1280. The fourth-order valence-corrected chi connectivity index (χ4v) is 4.19. The van der Waals surface area contributed by atoms with E-state index in [0.29, 0.717) is 31.5 Å². The number of aryl methyl sites for hydroxylation is 1. The Morgan fingerprint density at radius 2 is 1.83 bits per heavy atom. The molecule has 0 bridgehead atoms. The summed E-state index contributed by atoms with van der Waals surface area (Å²) >= 11 is 13.8. The van der Waals surface area contributed by atoms with Crippen molar-refractivity contribution < 1.29 is 4.79 Å². The molecule has 3 rings (SSSR count). The molecule has 0 aliphatic heterocycles. The Labute approximate surface area is 188 Å². The van der Waals surface area contributed by atoms with Gasteiger partial charge in [0.05, 0.1) is 16.8 Å². The highest BCUT2D eigenvalue weighted by Gasteiger charge is 2.19. The topological polar surface area (TPSA) is 56.9 Å². The van der Waals surface area contributed by atoms with Crippen LogP contribution in [0.2, 0.25) is 10.2 Å². The number of thiazole rings is 1. The fraction of sp³-hybridized carbons (Fsp3) is 0.318. The van der Waals surface area contributed by atoms with Gasteiger partial charge in [-0.15, -0.1) is 11.3 Å². The second-order valence-electron chi connectivity index (χ2n) is 8.15. The monoisotopic (exact) mass is 463 g/mol. The molecule has 5 nitrogen and oxygen atoms in total. The first-order chi connectivity index (χ1) is 14.0. The Kier molecular flexibility index (Phi) is 6.41. The van der Waals surface area contributed by atoms with E-state index in [1.54, 1.807) is 17.8 Å². The average Bonchev–Trinajstić information content (AvgIpc) is 3.08. The lowest BCUT2D eigenvalue weighted by Crippen LogP contribution is -2.30. The van der Waals surface area contributed by atoms with Crippen molar-refractivity contribution in [3.63, 3.8) is 0 Å². The molecule has 2 heterocycles. The van der Waals surface area contributed by atoms with Crippen molar-refractivity contribution in [2.45, 2.75) is 34.2 Å². The highest BCUT2D eigenvalue weighted by molar-refractivity contribution is 7.07. The highest BCUT2D eigenvalue weighted by Crippen LogP contribution is 2.22. The molecule has 30 heavy (non-hydrogen) atoms. The molecule has 8 heteroatoms. The van der Waals surface area contributed by atoms with E-state index in [9.17, 15) is 9.59 Å². The first-order valence-electron chi connectivity index (χ1n) is 9.38. The number of aromatic nitrogens is 3. The van der Waals surface area contributed by atoms with Crippen molar-refractivity contribution in [1.29, 1.82) is 0 Å². The first-order valence-corrected chi connectivity index (χ1v) is 11.0. The Balaban J connectivity index is 2.04. The van der Waals surface area contributed by atoms with E-state index in [1.165, 1.54) is 22.0 Å². The lowest BCUT2D eigenvalue weighted by atomic mass is 9.91. The summed E-state index contributed by atoms with van der Waals surface area (Å²) in [5.41, 5.74) is 1.75. The van der Waals surface area contributed by atoms with Crippen molar-refractivity contribution in [2.75, 3.05) is 0 Å². The lowest BCUT2D eigenvalue weighted by molar-refractivity contribution is -0.120. The second-order valence-corrected chi connectivity index (χ2v) is 10.0. The number of hydrogen-bond donors (Lipinski definition) is 0. The standard InChI is InChI=1S/C22H23Cl2N3O2S/c1-13-16(20(24)27(25-13)12-14-6-8-15(23)9-7-14)10-17-21(29)26(5)19(30-17)11-18(28)22(2,3)4/h6-11H,12H2,1-5H3/b17-10-,19-11-. The summed E-state index contributed by atoms with van der Waals surface area (Å²) in [7, 11) is 1.66. The largest absolute Gasteiger partial charge is 0.302 e. The molecule has 0 fully saturated rings. The number of hydrogen-bond acceptors (Lipinski definition) is 4. The molecule has 0 saturated carbocycles. The van der Waals surface area contributed by atoms with E-state index < -0.39 is 5.41 Å². The Morgan fingerprint density at radius 1 is 1.20 bits per heavy atom. The van der Waals surface area contributed by atoms with Crippen molar-refractivity contribution in [2.24, 2.45) is 12.5 Å². The molecule has 0 N–H and O–H groups in total.